The molecule has 0 aliphatic heterocycles. The van der Waals surface area contributed by atoms with Crippen LogP contribution in [0.2, 0.25) is 0 Å². The second-order valence-corrected chi connectivity index (χ2v) is 4.84. The van der Waals surface area contributed by atoms with E-state index in [1.165, 1.54) is 5.69 Å². The van der Waals surface area contributed by atoms with Crippen molar-refractivity contribution < 1.29 is 0 Å². The lowest BCUT2D eigenvalue weighted by Crippen LogP contribution is -2.10. The standard InChI is InChI=1S/C13H16BrN3/c1-15-8-3-6-12-7-9-16-17(12)13-5-2-4-11(14)10-13/h2,4-5,7,9-10,15H,3,6,8H2,1H3. The summed E-state index contributed by atoms with van der Waals surface area (Å²) in [6.45, 7) is 1.03. The van der Waals surface area contributed by atoms with Gasteiger partial charge in [0.05, 0.1) is 5.69 Å². The molecule has 2 aromatic rings. The summed E-state index contributed by atoms with van der Waals surface area (Å²) in [5.41, 5.74) is 2.35. The second-order valence-electron chi connectivity index (χ2n) is 3.92. The molecule has 2 rings (SSSR count). The maximum absolute atomic E-state index is 4.38. The predicted octanol–water partition coefficient (Wildman–Crippen LogP) is 2.79. The fraction of sp³-hybridized carbons (Fsp3) is 0.308. The van der Waals surface area contributed by atoms with Crippen molar-refractivity contribution in [3.63, 3.8) is 0 Å². The van der Waals surface area contributed by atoms with E-state index < -0.39 is 0 Å². The molecule has 1 aromatic heterocycles. The van der Waals surface area contributed by atoms with Crippen LogP contribution in [0.3, 0.4) is 0 Å². The topological polar surface area (TPSA) is 29.9 Å². The number of nitrogens with zero attached hydrogens (tertiary/aromatic N) is 2. The molecule has 0 spiro atoms. The summed E-state index contributed by atoms with van der Waals surface area (Å²) in [6, 6.07) is 10.3. The first-order chi connectivity index (χ1) is 8.31. The van der Waals surface area contributed by atoms with Crippen molar-refractivity contribution in [1.29, 1.82) is 0 Å². The van der Waals surface area contributed by atoms with E-state index in [4.69, 9.17) is 0 Å². The Kier molecular flexibility index (Phi) is 4.34. The molecule has 4 heteroatoms. The zero-order chi connectivity index (χ0) is 12.1. The van der Waals surface area contributed by atoms with Gasteiger partial charge in [-0.3, -0.25) is 0 Å². The lowest BCUT2D eigenvalue weighted by atomic mass is 10.2. The maximum Gasteiger partial charge on any atom is 0.0660 e. The highest BCUT2D eigenvalue weighted by Crippen LogP contribution is 2.17. The van der Waals surface area contributed by atoms with Crippen LogP contribution in [0.15, 0.2) is 41.0 Å². The van der Waals surface area contributed by atoms with E-state index in [2.05, 4.69) is 44.5 Å². The molecule has 0 aliphatic rings. The molecular weight excluding hydrogens is 278 g/mol. The lowest BCUT2D eigenvalue weighted by molar-refractivity contribution is 0.692. The Bertz CT molecular complexity index is 479. The van der Waals surface area contributed by atoms with Gasteiger partial charge >= 0.3 is 0 Å². The van der Waals surface area contributed by atoms with Gasteiger partial charge in [-0.25, -0.2) is 4.68 Å². The minimum atomic E-state index is 1.03. The van der Waals surface area contributed by atoms with Crippen LogP contribution in [0.4, 0.5) is 0 Å². The third-order valence-electron chi connectivity index (χ3n) is 2.63. The first-order valence-corrected chi connectivity index (χ1v) is 6.54. The Morgan fingerprint density at radius 1 is 1.35 bits per heavy atom. The third kappa shape index (κ3) is 3.17. The van der Waals surface area contributed by atoms with Gasteiger partial charge in [0.2, 0.25) is 0 Å². The second kappa shape index (κ2) is 5.98. The molecule has 0 radical (unpaired) electrons. The number of nitrogens with one attached hydrogen (secondary N) is 1. The molecule has 0 unspecified atom stereocenters. The summed E-state index contributed by atoms with van der Waals surface area (Å²) < 4.78 is 3.08. The summed E-state index contributed by atoms with van der Waals surface area (Å²) in [4.78, 5) is 0. The molecule has 1 aromatic carbocycles. The highest BCUT2D eigenvalue weighted by Gasteiger charge is 2.04. The van der Waals surface area contributed by atoms with E-state index >= 15 is 0 Å². The molecule has 0 bridgehead atoms. The molecule has 0 saturated carbocycles. The van der Waals surface area contributed by atoms with Gasteiger partial charge in [0.15, 0.2) is 0 Å². The first kappa shape index (κ1) is 12.3. The molecule has 1 heterocycles. The fourth-order valence-electron chi connectivity index (χ4n) is 1.81. The number of aromatic nitrogens is 2. The molecule has 0 fully saturated rings. The Balaban J connectivity index is 2.18. The van der Waals surface area contributed by atoms with E-state index in [9.17, 15) is 0 Å². The van der Waals surface area contributed by atoms with Crippen molar-refractivity contribution in [2.24, 2.45) is 0 Å². The van der Waals surface area contributed by atoms with E-state index in [0.717, 1.165) is 29.5 Å². The van der Waals surface area contributed by atoms with Gasteiger partial charge in [-0.05, 0) is 50.7 Å². The van der Waals surface area contributed by atoms with Crippen molar-refractivity contribution >= 4 is 15.9 Å². The highest BCUT2D eigenvalue weighted by atomic mass is 79.9. The fourth-order valence-corrected chi connectivity index (χ4v) is 2.19. The van der Waals surface area contributed by atoms with Crippen LogP contribution in [-0.2, 0) is 6.42 Å². The largest absolute Gasteiger partial charge is 0.320 e. The molecule has 0 saturated heterocycles. The number of hydrogen-bond donors (Lipinski definition) is 1. The molecular formula is C13H16BrN3. The van der Waals surface area contributed by atoms with Crippen LogP contribution in [0.5, 0.6) is 0 Å². The zero-order valence-electron chi connectivity index (χ0n) is 9.86. The Hall–Kier alpha value is -1.13. The van der Waals surface area contributed by atoms with E-state index in [1.54, 1.807) is 0 Å². The molecule has 90 valence electrons. The smallest absolute Gasteiger partial charge is 0.0660 e. The van der Waals surface area contributed by atoms with Crippen molar-refractivity contribution in [3.05, 3.63) is 46.7 Å². The van der Waals surface area contributed by atoms with Gasteiger partial charge in [-0.15, -0.1) is 0 Å². The molecule has 0 atom stereocenters. The predicted molar refractivity (Wildman–Crippen MR) is 73.5 cm³/mol. The average molecular weight is 294 g/mol. The van der Waals surface area contributed by atoms with Gasteiger partial charge < -0.3 is 5.32 Å². The van der Waals surface area contributed by atoms with Gasteiger partial charge in [0, 0.05) is 16.4 Å². The Morgan fingerprint density at radius 2 is 2.24 bits per heavy atom. The van der Waals surface area contributed by atoms with Crippen molar-refractivity contribution in [2.75, 3.05) is 13.6 Å². The number of rotatable bonds is 5. The molecule has 17 heavy (non-hydrogen) atoms. The Labute approximate surface area is 110 Å². The van der Waals surface area contributed by atoms with E-state index in [1.807, 2.05) is 30.1 Å². The van der Waals surface area contributed by atoms with Crippen LogP contribution in [0.1, 0.15) is 12.1 Å². The number of benzene rings is 1. The minimum absolute atomic E-state index is 1.03. The van der Waals surface area contributed by atoms with Crippen molar-refractivity contribution in [3.8, 4) is 5.69 Å². The minimum Gasteiger partial charge on any atom is -0.320 e. The van der Waals surface area contributed by atoms with Crippen LogP contribution in [-0.4, -0.2) is 23.4 Å². The summed E-state index contributed by atoms with van der Waals surface area (Å²) in [5.74, 6) is 0. The van der Waals surface area contributed by atoms with Gasteiger partial charge in [-0.1, -0.05) is 22.0 Å². The first-order valence-electron chi connectivity index (χ1n) is 5.74. The van der Waals surface area contributed by atoms with Gasteiger partial charge in [0.1, 0.15) is 0 Å². The van der Waals surface area contributed by atoms with Crippen LogP contribution < -0.4 is 5.32 Å². The van der Waals surface area contributed by atoms with Gasteiger partial charge in [-0.2, -0.15) is 5.10 Å². The van der Waals surface area contributed by atoms with E-state index in [-0.39, 0.29) is 0 Å². The van der Waals surface area contributed by atoms with Crippen LogP contribution in [0, 0.1) is 0 Å². The number of aryl methyl sites for hydroxylation is 1. The van der Waals surface area contributed by atoms with Crippen LogP contribution in [0.25, 0.3) is 5.69 Å². The summed E-state index contributed by atoms with van der Waals surface area (Å²) in [6.07, 6.45) is 4.01. The maximum atomic E-state index is 4.38. The quantitative estimate of drug-likeness (QED) is 0.859. The zero-order valence-corrected chi connectivity index (χ0v) is 11.4. The number of hydrogen-bond acceptors (Lipinski definition) is 2. The summed E-state index contributed by atoms with van der Waals surface area (Å²) >= 11 is 3.49. The third-order valence-corrected chi connectivity index (χ3v) is 3.13. The summed E-state index contributed by atoms with van der Waals surface area (Å²) in [5, 5.41) is 7.54. The van der Waals surface area contributed by atoms with Crippen molar-refractivity contribution in [2.45, 2.75) is 12.8 Å². The van der Waals surface area contributed by atoms with Crippen LogP contribution >= 0.6 is 15.9 Å². The SMILES string of the molecule is CNCCCc1ccnn1-c1cccc(Br)c1. The summed E-state index contributed by atoms with van der Waals surface area (Å²) in [7, 11) is 1.98. The number of halogens is 1. The normalized spacial score (nSPS) is 10.7. The lowest BCUT2D eigenvalue weighted by Gasteiger charge is -2.07. The highest BCUT2D eigenvalue weighted by molar-refractivity contribution is 9.10. The molecule has 3 nitrogen and oxygen atoms in total. The average Bonchev–Trinajstić information content (AvgIpc) is 2.78. The molecule has 0 amide bonds. The van der Waals surface area contributed by atoms with Gasteiger partial charge in [0.25, 0.3) is 0 Å². The van der Waals surface area contributed by atoms with Crippen molar-refractivity contribution in [1.82, 2.24) is 15.1 Å². The monoisotopic (exact) mass is 293 g/mol. The Morgan fingerprint density at radius 3 is 3.00 bits per heavy atom. The van der Waals surface area contributed by atoms with E-state index in [0.29, 0.717) is 0 Å². The molecule has 1 N–H and O–H groups in total. The molecule has 0 aliphatic carbocycles.